The molecule has 1 unspecified atom stereocenters. The number of nitrogens with one attached hydrogen (secondary N) is 1. The monoisotopic (exact) mass is 775 g/mol. The van der Waals surface area contributed by atoms with E-state index < -0.39 is 0 Å². The summed E-state index contributed by atoms with van der Waals surface area (Å²) in [5.41, 5.74) is 17.6. The summed E-state index contributed by atoms with van der Waals surface area (Å²) in [7, 11) is 2.00. The first-order chi connectivity index (χ1) is 29.4. The summed E-state index contributed by atoms with van der Waals surface area (Å²) in [4.78, 5) is 7.62. The number of hydrogen-bond acceptors (Lipinski definition) is 3. The van der Waals surface area contributed by atoms with Crippen LogP contribution >= 0.6 is 0 Å². The Balaban J connectivity index is 1.11. The van der Waals surface area contributed by atoms with Gasteiger partial charge < -0.3 is 14.8 Å². The summed E-state index contributed by atoms with van der Waals surface area (Å²) in [5, 5.41) is 5.94. The van der Waals surface area contributed by atoms with Crippen molar-refractivity contribution in [2.75, 3.05) is 17.3 Å². The molecular formula is C55H45N5. The smallest absolute Gasteiger partial charge is 0.145 e. The lowest BCUT2D eigenvalue weighted by Crippen LogP contribution is -2.22. The molecule has 1 atom stereocenters. The number of imidazole rings is 1. The van der Waals surface area contributed by atoms with Gasteiger partial charge in [0.15, 0.2) is 0 Å². The van der Waals surface area contributed by atoms with E-state index in [1.54, 1.807) is 0 Å². The number of rotatable bonds is 8. The Hall–Kier alpha value is -7.37. The van der Waals surface area contributed by atoms with E-state index in [9.17, 15) is 0 Å². The highest BCUT2D eigenvalue weighted by Crippen LogP contribution is 2.51. The van der Waals surface area contributed by atoms with Crippen molar-refractivity contribution in [2.45, 2.75) is 32.2 Å². The van der Waals surface area contributed by atoms with Gasteiger partial charge in [-0.2, -0.15) is 0 Å². The first kappa shape index (κ1) is 35.8. The molecule has 0 spiro atoms. The summed E-state index contributed by atoms with van der Waals surface area (Å²) >= 11 is 0. The largest absolute Gasteiger partial charge is 0.386 e. The summed E-state index contributed by atoms with van der Waals surface area (Å²) in [6, 6.07) is 68.2. The number of hydrogen-bond donors (Lipinski definition) is 1. The van der Waals surface area contributed by atoms with Gasteiger partial charge in [0.05, 0.1) is 39.5 Å². The highest BCUT2D eigenvalue weighted by molar-refractivity contribution is 6.12. The SMILES string of the molecule is CNc1ccccc1N(c1ccccc1)C(C)c1ccc2c(c1)c1cc3c(cc1n2-c1ccc(-c2nc4ccccc4n2-c2ccccc2)cc1)C(C)(C)c1ccccc1-3. The van der Waals surface area contributed by atoms with Crippen LogP contribution < -0.4 is 10.2 Å². The summed E-state index contributed by atoms with van der Waals surface area (Å²) in [5.74, 6) is 0.926. The average molecular weight is 776 g/mol. The lowest BCUT2D eigenvalue weighted by atomic mass is 9.82. The molecule has 290 valence electrons. The maximum Gasteiger partial charge on any atom is 0.145 e. The third-order valence-corrected chi connectivity index (χ3v) is 12.8. The van der Waals surface area contributed by atoms with E-state index in [2.05, 4.69) is 228 Å². The van der Waals surface area contributed by atoms with Crippen LogP contribution in [0.1, 0.15) is 43.5 Å². The molecule has 0 saturated heterocycles. The van der Waals surface area contributed by atoms with E-state index in [4.69, 9.17) is 4.98 Å². The van der Waals surface area contributed by atoms with E-state index in [-0.39, 0.29) is 11.5 Å². The molecule has 11 rings (SSSR count). The molecule has 0 radical (unpaired) electrons. The number of nitrogens with zero attached hydrogens (tertiary/aromatic N) is 4. The second kappa shape index (κ2) is 13.9. The van der Waals surface area contributed by atoms with Crippen LogP contribution in [-0.4, -0.2) is 21.2 Å². The van der Waals surface area contributed by atoms with Gasteiger partial charge in [0.25, 0.3) is 0 Å². The fourth-order valence-corrected chi connectivity index (χ4v) is 9.79. The Morgan fingerprint density at radius 3 is 2.02 bits per heavy atom. The minimum atomic E-state index is -0.127. The van der Waals surface area contributed by atoms with E-state index in [1.807, 2.05) is 7.05 Å². The first-order valence-corrected chi connectivity index (χ1v) is 20.9. The Morgan fingerprint density at radius 2 is 1.22 bits per heavy atom. The molecule has 1 aliphatic carbocycles. The molecule has 0 amide bonds. The number of benzene rings is 8. The van der Waals surface area contributed by atoms with Crippen LogP contribution in [0.3, 0.4) is 0 Å². The normalized spacial score (nSPS) is 13.4. The highest BCUT2D eigenvalue weighted by Gasteiger charge is 2.36. The average Bonchev–Trinajstić information content (AvgIpc) is 3.92. The molecule has 8 aromatic carbocycles. The van der Waals surface area contributed by atoms with Crippen molar-refractivity contribution >= 4 is 49.9 Å². The highest BCUT2D eigenvalue weighted by atomic mass is 15.2. The van der Waals surface area contributed by atoms with Crippen LogP contribution in [0.2, 0.25) is 0 Å². The van der Waals surface area contributed by atoms with E-state index >= 15 is 0 Å². The molecule has 1 aliphatic rings. The zero-order valence-electron chi connectivity index (χ0n) is 34.3. The quantitative estimate of drug-likeness (QED) is 0.167. The summed E-state index contributed by atoms with van der Waals surface area (Å²) in [6.07, 6.45) is 0. The van der Waals surface area contributed by atoms with E-state index in [0.717, 1.165) is 50.9 Å². The predicted octanol–water partition coefficient (Wildman–Crippen LogP) is 14.0. The van der Waals surface area contributed by atoms with Crippen molar-refractivity contribution in [3.05, 3.63) is 205 Å². The second-order valence-corrected chi connectivity index (χ2v) is 16.5. The topological polar surface area (TPSA) is 38.0 Å². The third-order valence-electron chi connectivity index (χ3n) is 12.8. The second-order valence-electron chi connectivity index (χ2n) is 16.5. The van der Waals surface area contributed by atoms with Crippen LogP contribution in [0.15, 0.2) is 188 Å². The zero-order chi connectivity index (χ0) is 40.5. The Kier molecular flexibility index (Phi) is 8.28. The zero-order valence-corrected chi connectivity index (χ0v) is 34.3. The van der Waals surface area contributed by atoms with E-state index in [1.165, 1.54) is 49.6 Å². The van der Waals surface area contributed by atoms with Gasteiger partial charge in [0.1, 0.15) is 5.82 Å². The Bertz CT molecular complexity index is 3230. The van der Waals surface area contributed by atoms with Crippen molar-refractivity contribution < 1.29 is 0 Å². The lowest BCUT2D eigenvalue weighted by Gasteiger charge is -2.33. The molecule has 10 aromatic rings. The molecule has 0 saturated carbocycles. The van der Waals surface area contributed by atoms with Gasteiger partial charge in [0.2, 0.25) is 0 Å². The molecule has 5 heteroatoms. The lowest BCUT2D eigenvalue weighted by molar-refractivity contribution is 0.661. The van der Waals surface area contributed by atoms with Gasteiger partial charge in [-0.1, -0.05) is 105 Å². The minimum Gasteiger partial charge on any atom is -0.386 e. The van der Waals surface area contributed by atoms with Crippen LogP contribution in [-0.2, 0) is 5.41 Å². The number of aromatic nitrogens is 3. The van der Waals surface area contributed by atoms with Gasteiger partial charge in [-0.3, -0.25) is 4.57 Å². The Morgan fingerprint density at radius 1 is 0.550 bits per heavy atom. The van der Waals surface area contributed by atoms with Crippen molar-refractivity contribution in [1.82, 2.24) is 14.1 Å². The van der Waals surface area contributed by atoms with Gasteiger partial charge in [-0.25, -0.2) is 4.98 Å². The van der Waals surface area contributed by atoms with Gasteiger partial charge in [-0.05, 0) is 132 Å². The van der Waals surface area contributed by atoms with Gasteiger partial charge in [-0.15, -0.1) is 0 Å². The fourth-order valence-electron chi connectivity index (χ4n) is 9.79. The molecule has 1 N–H and O–H groups in total. The molecule has 60 heavy (non-hydrogen) atoms. The maximum atomic E-state index is 5.17. The molecule has 0 bridgehead atoms. The number of fused-ring (bicyclic) bond motifs is 7. The predicted molar refractivity (Wildman–Crippen MR) is 251 cm³/mol. The van der Waals surface area contributed by atoms with Crippen molar-refractivity contribution in [3.63, 3.8) is 0 Å². The number of anilines is 3. The van der Waals surface area contributed by atoms with Crippen LogP contribution in [0.5, 0.6) is 0 Å². The van der Waals surface area contributed by atoms with Crippen LogP contribution in [0.25, 0.3) is 66.7 Å². The molecule has 5 nitrogen and oxygen atoms in total. The summed E-state index contributed by atoms with van der Waals surface area (Å²) < 4.78 is 4.73. The van der Waals surface area contributed by atoms with Gasteiger partial charge >= 0.3 is 0 Å². The molecule has 2 aromatic heterocycles. The third kappa shape index (κ3) is 5.50. The first-order valence-electron chi connectivity index (χ1n) is 20.9. The molecular weight excluding hydrogens is 731 g/mol. The van der Waals surface area contributed by atoms with Crippen molar-refractivity contribution in [3.8, 4) is 33.9 Å². The molecule has 2 heterocycles. The minimum absolute atomic E-state index is 0.0296. The molecule has 0 aliphatic heterocycles. The Labute approximate surface area is 350 Å². The maximum absolute atomic E-state index is 5.17. The van der Waals surface area contributed by atoms with E-state index in [0.29, 0.717) is 0 Å². The summed E-state index contributed by atoms with van der Waals surface area (Å²) in [6.45, 7) is 7.05. The fraction of sp³-hybridized carbons (Fsp3) is 0.109. The van der Waals surface area contributed by atoms with Crippen molar-refractivity contribution in [2.24, 2.45) is 0 Å². The van der Waals surface area contributed by atoms with Crippen LogP contribution in [0, 0.1) is 0 Å². The van der Waals surface area contributed by atoms with Gasteiger partial charge in [0, 0.05) is 45.9 Å². The van der Waals surface area contributed by atoms with Crippen molar-refractivity contribution in [1.29, 1.82) is 0 Å². The van der Waals surface area contributed by atoms with Crippen LogP contribution in [0.4, 0.5) is 17.1 Å². The standard InChI is InChI=1S/C55H45N5/c1-36(58(39-17-7-5-8-18-39)51-25-15-13-23-48(51)56-4)38-29-32-50-44(33-38)45-34-43-42-21-11-12-22-46(42)55(2,3)47(43)35-53(45)59(50)41-30-27-37(28-31-41)54-57-49-24-14-16-26-52(49)60(54)40-19-9-6-10-20-40/h5-36,56H,1-4H3. The number of para-hydroxylation sites is 6. The molecule has 0 fully saturated rings.